The van der Waals surface area contributed by atoms with Crippen LogP contribution in [0.2, 0.25) is 0 Å². The van der Waals surface area contributed by atoms with Gasteiger partial charge in [0.2, 0.25) is 0 Å². The van der Waals surface area contributed by atoms with Crippen molar-refractivity contribution in [3.63, 3.8) is 0 Å². The molecule has 5 heteroatoms. The van der Waals surface area contributed by atoms with Gasteiger partial charge in [-0.25, -0.2) is 0 Å². The third-order valence-electron chi connectivity index (χ3n) is 4.62. The first-order valence-electron chi connectivity index (χ1n) is 8.62. The summed E-state index contributed by atoms with van der Waals surface area (Å²) in [4.78, 5) is 5.91. The predicted molar refractivity (Wildman–Crippen MR) is 97.0 cm³/mol. The Morgan fingerprint density at radius 1 is 1.17 bits per heavy atom. The van der Waals surface area contributed by atoms with E-state index >= 15 is 0 Å². The fourth-order valence-electron chi connectivity index (χ4n) is 2.75. The summed E-state index contributed by atoms with van der Waals surface area (Å²) in [5, 5.41) is 17.0. The summed E-state index contributed by atoms with van der Waals surface area (Å²) < 4.78 is 0.297. The number of hydrogen-bond donors (Lipinski definition) is 3. The zero-order chi connectivity index (χ0) is 16.2. The Morgan fingerprint density at radius 3 is 2.48 bits per heavy atom. The van der Waals surface area contributed by atoms with E-state index in [1.807, 2.05) is 11.8 Å². The van der Waals surface area contributed by atoms with Crippen LogP contribution < -0.4 is 10.6 Å². The Hall–Kier alpha value is -1.20. The van der Waals surface area contributed by atoms with Crippen molar-refractivity contribution in [2.45, 2.75) is 54.3 Å². The number of aliphatic imine (C=N–C) groups is 1. The topological polar surface area (TPSA) is 56.7 Å². The lowest BCUT2D eigenvalue weighted by Gasteiger charge is -2.35. The number of rotatable bonds is 7. The summed E-state index contributed by atoms with van der Waals surface area (Å²) in [6.07, 6.45) is 5.35. The lowest BCUT2D eigenvalue weighted by molar-refractivity contribution is -0.0236. The number of nitrogens with one attached hydrogen (secondary N) is 2. The lowest BCUT2D eigenvalue weighted by atomic mass is 9.80. The molecule has 0 bridgehead atoms. The predicted octanol–water partition coefficient (Wildman–Crippen LogP) is 2.78. The average Bonchev–Trinajstić information content (AvgIpc) is 3.29. The molecule has 23 heavy (non-hydrogen) atoms. The van der Waals surface area contributed by atoms with Crippen LogP contribution in [0.25, 0.3) is 0 Å². The Bertz CT molecular complexity index is 538. The van der Waals surface area contributed by atoms with Crippen LogP contribution >= 0.6 is 11.8 Å². The quantitative estimate of drug-likeness (QED) is 0.530. The Labute approximate surface area is 143 Å². The number of benzene rings is 1. The molecular formula is C18H27N3OS. The molecule has 0 saturated heterocycles. The van der Waals surface area contributed by atoms with E-state index in [1.54, 1.807) is 0 Å². The molecule has 0 radical (unpaired) electrons. The van der Waals surface area contributed by atoms with Crippen LogP contribution in [-0.4, -0.2) is 41.0 Å². The maximum Gasteiger partial charge on any atom is 0.191 e. The summed E-state index contributed by atoms with van der Waals surface area (Å²) in [5.41, 5.74) is -0.557. The molecule has 1 aromatic carbocycles. The highest BCUT2D eigenvalue weighted by molar-refractivity contribution is 8.01. The molecule has 0 unspecified atom stereocenters. The number of hydrogen-bond acceptors (Lipinski definition) is 3. The van der Waals surface area contributed by atoms with Gasteiger partial charge in [0.15, 0.2) is 5.96 Å². The fraction of sp³-hybridized carbons (Fsp3) is 0.611. The van der Waals surface area contributed by atoms with Crippen LogP contribution in [0.15, 0.2) is 40.2 Å². The fourth-order valence-corrected chi connectivity index (χ4v) is 3.99. The molecule has 0 heterocycles. The van der Waals surface area contributed by atoms with Crippen molar-refractivity contribution < 1.29 is 5.11 Å². The molecule has 2 aliphatic carbocycles. The van der Waals surface area contributed by atoms with Gasteiger partial charge < -0.3 is 15.7 Å². The van der Waals surface area contributed by atoms with Crippen molar-refractivity contribution in [2.75, 3.05) is 19.6 Å². The highest BCUT2D eigenvalue weighted by atomic mass is 32.2. The van der Waals surface area contributed by atoms with Crippen LogP contribution in [0.1, 0.15) is 39.0 Å². The van der Waals surface area contributed by atoms with Crippen molar-refractivity contribution in [3.05, 3.63) is 30.3 Å². The Morgan fingerprint density at radius 2 is 1.91 bits per heavy atom. The largest absolute Gasteiger partial charge is 0.388 e. The molecule has 2 aliphatic rings. The molecule has 0 aliphatic heterocycles. The molecule has 3 rings (SSSR count). The monoisotopic (exact) mass is 333 g/mol. The van der Waals surface area contributed by atoms with Crippen molar-refractivity contribution in [1.82, 2.24) is 10.6 Å². The van der Waals surface area contributed by atoms with E-state index in [9.17, 15) is 5.11 Å². The number of nitrogens with zero attached hydrogens (tertiary/aromatic N) is 1. The first-order valence-corrected chi connectivity index (χ1v) is 9.43. The van der Waals surface area contributed by atoms with Crippen LogP contribution in [0.5, 0.6) is 0 Å². The van der Waals surface area contributed by atoms with E-state index in [4.69, 9.17) is 0 Å². The maximum atomic E-state index is 10.2. The van der Waals surface area contributed by atoms with E-state index in [2.05, 4.69) is 52.9 Å². The van der Waals surface area contributed by atoms with E-state index < -0.39 is 5.60 Å². The van der Waals surface area contributed by atoms with Crippen molar-refractivity contribution in [2.24, 2.45) is 4.99 Å². The van der Waals surface area contributed by atoms with Crippen molar-refractivity contribution in [3.8, 4) is 0 Å². The maximum absolute atomic E-state index is 10.2. The van der Waals surface area contributed by atoms with Crippen molar-refractivity contribution in [1.29, 1.82) is 0 Å². The molecule has 0 amide bonds. The van der Waals surface area contributed by atoms with Gasteiger partial charge in [0.25, 0.3) is 0 Å². The van der Waals surface area contributed by atoms with Gasteiger partial charge in [-0.1, -0.05) is 18.2 Å². The lowest BCUT2D eigenvalue weighted by Crippen LogP contribution is -2.44. The highest BCUT2D eigenvalue weighted by Crippen LogP contribution is 2.51. The molecule has 3 N–H and O–H groups in total. The molecular weight excluding hydrogens is 306 g/mol. The van der Waals surface area contributed by atoms with Crippen LogP contribution in [0.4, 0.5) is 0 Å². The zero-order valence-corrected chi connectivity index (χ0v) is 14.7. The SMILES string of the molecule is CCNC(=NCC1(O)CCC1)NCC1(Sc2ccccc2)CC1. The normalized spacial score (nSPS) is 21.4. The van der Waals surface area contributed by atoms with Gasteiger partial charge in [0.05, 0.1) is 12.1 Å². The summed E-state index contributed by atoms with van der Waals surface area (Å²) in [6, 6.07) is 10.6. The summed E-state index contributed by atoms with van der Waals surface area (Å²) in [5.74, 6) is 0.827. The zero-order valence-electron chi connectivity index (χ0n) is 13.8. The standard InChI is InChI=1S/C18H27N3OS/c1-2-19-16(20-13-17(22)9-6-10-17)21-14-18(11-12-18)23-15-7-4-3-5-8-15/h3-5,7-8,22H,2,6,9-14H2,1H3,(H2,19,20,21). The van der Waals surface area contributed by atoms with Crippen LogP contribution in [0, 0.1) is 0 Å². The van der Waals surface area contributed by atoms with Gasteiger partial charge in [-0.2, -0.15) is 0 Å². The van der Waals surface area contributed by atoms with Gasteiger partial charge in [-0.05, 0) is 51.2 Å². The molecule has 2 fully saturated rings. The van der Waals surface area contributed by atoms with E-state index in [1.165, 1.54) is 17.7 Å². The van der Waals surface area contributed by atoms with E-state index in [0.29, 0.717) is 11.3 Å². The molecule has 0 atom stereocenters. The molecule has 0 aromatic heterocycles. The first-order chi connectivity index (χ1) is 11.1. The van der Waals surface area contributed by atoms with Gasteiger partial charge in [0.1, 0.15) is 0 Å². The van der Waals surface area contributed by atoms with Gasteiger partial charge in [-0.15, -0.1) is 11.8 Å². The number of thioether (sulfide) groups is 1. The Kier molecular flexibility index (Phi) is 5.17. The van der Waals surface area contributed by atoms with Crippen LogP contribution in [0.3, 0.4) is 0 Å². The van der Waals surface area contributed by atoms with E-state index in [0.717, 1.165) is 38.3 Å². The first kappa shape index (κ1) is 16.7. The second-order valence-electron chi connectivity index (χ2n) is 6.72. The summed E-state index contributed by atoms with van der Waals surface area (Å²) in [6.45, 7) is 4.32. The average molecular weight is 334 g/mol. The minimum Gasteiger partial charge on any atom is -0.388 e. The molecule has 0 spiro atoms. The summed E-state index contributed by atoms with van der Waals surface area (Å²) >= 11 is 1.96. The number of guanidine groups is 1. The smallest absolute Gasteiger partial charge is 0.191 e. The summed E-state index contributed by atoms with van der Waals surface area (Å²) in [7, 11) is 0. The van der Waals surface area contributed by atoms with Gasteiger partial charge >= 0.3 is 0 Å². The van der Waals surface area contributed by atoms with E-state index in [-0.39, 0.29) is 0 Å². The van der Waals surface area contributed by atoms with Crippen molar-refractivity contribution >= 4 is 17.7 Å². The third kappa shape index (κ3) is 4.64. The molecule has 2 saturated carbocycles. The van der Waals surface area contributed by atoms with Crippen LogP contribution in [-0.2, 0) is 0 Å². The third-order valence-corrected chi connectivity index (χ3v) is 6.12. The Balaban J connectivity index is 1.52. The van der Waals surface area contributed by atoms with Gasteiger partial charge in [0, 0.05) is 22.7 Å². The number of aliphatic hydroxyl groups is 1. The molecule has 1 aromatic rings. The minimum absolute atomic E-state index is 0.297. The molecule has 126 valence electrons. The minimum atomic E-state index is -0.557. The second-order valence-corrected chi connectivity index (χ2v) is 8.27. The second kappa shape index (κ2) is 7.14. The molecule has 4 nitrogen and oxygen atoms in total. The van der Waals surface area contributed by atoms with Gasteiger partial charge in [-0.3, -0.25) is 4.99 Å². The highest BCUT2D eigenvalue weighted by Gasteiger charge is 2.43.